The van der Waals surface area contributed by atoms with E-state index in [9.17, 15) is 4.79 Å². The number of nitrogens with two attached hydrogens (primary N) is 1. The first kappa shape index (κ1) is 29.9. The monoisotopic (exact) mass is 584 g/mol. The maximum Gasteiger partial charge on any atom is 0.343 e. The molecule has 3 aromatic rings. The van der Waals surface area contributed by atoms with Crippen LogP contribution >= 0.6 is 0 Å². The number of hydrogen-bond acceptors (Lipinski definition) is 11. The van der Waals surface area contributed by atoms with Crippen molar-refractivity contribution in [3.8, 4) is 17.6 Å². The van der Waals surface area contributed by atoms with Gasteiger partial charge in [-0.2, -0.15) is 4.98 Å². The SMILES string of the molecule is CC#Cc1ccc2c(n1)C(C)(C)CN2c1nc(Nc2cc(N)c(N3CC(N(C)C)C3)cc2OC)ncc1C(=O)OC(C)C. The first-order valence-electron chi connectivity index (χ1n) is 14.4. The molecule has 0 atom stereocenters. The number of hydrogen-bond donors (Lipinski definition) is 2. The maximum atomic E-state index is 13.2. The highest BCUT2D eigenvalue weighted by molar-refractivity contribution is 5.96. The lowest BCUT2D eigenvalue weighted by Gasteiger charge is -2.44. The molecule has 1 saturated heterocycles. The van der Waals surface area contributed by atoms with Crippen molar-refractivity contribution < 1.29 is 14.3 Å². The van der Waals surface area contributed by atoms with Gasteiger partial charge in [0.15, 0.2) is 5.82 Å². The largest absolute Gasteiger partial charge is 0.494 e. The molecule has 0 radical (unpaired) electrons. The molecule has 0 aliphatic carbocycles. The van der Waals surface area contributed by atoms with Gasteiger partial charge in [-0.3, -0.25) is 0 Å². The molecule has 0 unspecified atom stereocenters. The van der Waals surface area contributed by atoms with Crippen molar-refractivity contribution in [3.05, 3.63) is 47.4 Å². The average molecular weight is 585 g/mol. The van der Waals surface area contributed by atoms with E-state index in [1.807, 2.05) is 43.0 Å². The van der Waals surface area contributed by atoms with Crippen LogP contribution in [0.3, 0.4) is 0 Å². The summed E-state index contributed by atoms with van der Waals surface area (Å²) in [5, 5.41) is 3.27. The molecule has 3 N–H and O–H groups in total. The molecular formula is C32H40N8O3. The van der Waals surface area contributed by atoms with Crippen LogP contribution in [0.1, 0.15) is 56.4 Å². The molecule has 0 spiro atoms. The molecule has 11 heteroatoms. The molecule has 0 amide bonds. The van der Waals surface area contributed by atoms with E-state index in [1.54, 1.807) is 14.0 Å². The zero-order valence-corrected chi connectivity index (χ0v) is 26.1. The number of nitrogens with zero attached hydrogens (tertiary/aromatic N) is 6. The second-order valence-electron chi connectivity index (χ2n) is 12.1. The molecule has 1 aromatic carbocycles. The summed E-state index contributed by atoms with van der Waals surface area (Å²) in [7, 11) is 5.78. The normalized spacial score (nSPS) is 15.6. The Morgan fingerprint density at radius 3 is 2.58 bits per heavy atom. The van der Waals surface area contributed by atoms with Gasteiger partial charge in [-0.1, -0.05) is 19.8 Å². The van der Waals surface area contributed by atoms with Crippen molar-refractivity contribution in [2.45, 2.75) is 52.2 Å². The van der Waals surface area contributed by atoms with Gasteiger partial charge in [0.25, 0.3) is 0 Å². The number of methoxy groups -OCH3 is 1. The standard InChI is InChI=1S/C32H40N8O3/c1-9-10-20-11-12-25-28(35-20)32(4,5)18-40(25)29-22(30(41)43-19(2)3)15-34-31(37-29)36-24-13-23(33)26(14-27(24)42-8)39-16-21(17-39)38(6)7/h11-15,19,21H,16-18,33H2,1-8H3,(H,34,36,37). The van der Waals surface area contributed by atoms with Crippen molar-refractivity contribution in [1.82, 2.24) is 19.9 Å². The predicted molar refractivity (Wildman–Crippen MR) is 170 cm³/mol. The van der Waals surface area contributed by atoms with Gasteiger partial charge in [0.05, 0.1) is 41.7 Å². The number of nitrogens with one attached hydrogen (secondary N) is 1. The summed E-state index contributed by atoms with van der Waals surface area (Å²) < 4.78 is 11.3. The number of nitrogen functional groups attached to an aromatic ring is 1. The quantitative estimate of drug-likeness (QED) is 0.224. The Hall–Kier alpha value is -4.56. The summed E-state index contributed by atoms with van der Waals surface area (Å²) in [4.78, 5) is 33.9. The van der Waals surface area contributed by atoms with Crippen LogP contribution < -0.4 is 25.6 Å². The first-order chi connectivity index (χ1) is 20.4. The van der Waals surface area contributed by atoms with Gasteiger partial charge in [0.1, 0.15) is 17.0 Å². The number of esters is 1. The fourth-order valence-electron chi connectivity index (χ4n) is 5.40. The second kappa shape index (κ2) is 11.6. The number of anilines is 6. The Morgan fingerprint density at radius 1 is 1.19 bits per heavy atom. The summed E-state index contributed by atoms with van der Waals surface area (Å²) in [6.45, 7) is 12.0. The Labute approximate surface area is 253 Å². The maximum absolute atomic E-state index is 13.2. The summed E-state index contributed by atoms with van der Waals surface area (Å²) in [6, 6.07) is 8.10. The van der Waals surface area contributed by atoms with Crippen LogP contribution in [0.4, 0.5) is 34.5 Å². The van der Waals surface area contributed by atoms with E-state index in [2.05, 4.69) is 59.9 Å². The minimum Gasteiger partial charge on any atom is -0.494 e. The van der Waals surface area contributed by atoms with E-state index in [-0.39, 0.29) is 23.0 Å². The molecule has 226 valence electrons. The van der Waals surface area contributed by atoms with Crippen LogP contribution in [0.25, 0.3) is 0 Å². The van der Waals surface area contributed by atoms with Gasteiger partial charge >= 0.3 is 5.97 Å². The lowest BCUT2D eigenvalue weighted by molar-refractivity contribution is 0.0378. The minimum absolute atomic E-state index is 0.260. The van der Waals surface area contributed by atoms with Crippen LogP contribution in [0.5, 0.6) is 5.75 Å². The summed E-state index contributed by atoms with van der Waals surface area (Å²) in [6.07, 6.45) is 1.19. The van der Waals surface area contributed by atoms with Gasteiger partial charge in [0, 0.05) is 43.4 Å². The van der Waals surface area contributed by atoms with E-state index in [0.717, 1.165) is 30.2 Å². The van der Waals surface area contributed by atoms with Crippen LogP contribution in [0, 0.1) is 11.8 Å². The third kappa shape index (κ3) is 5.88. The highest BCUT2D eigenvalue weighted by Gasteiger charge is 2.40. The molecule has 1 fully saturated rings. The zero-order valence-electron chi connectivity index (χ0n) is 26.1. The number of pyridine rings is 1. The van der Waals surface area contributed by atoms with Crippen molar-refractivity contribution in [2.24, 2.45) is 0 Å². The van der Waals surface area contributed by atoms with Gasteiger partial charge in [0.2, 0.25) is 5.95 Å². The third-order valence-corrected chi connectivity index (χ3v) is 7.73. The van der Waals surface area contributed by atoms with Gasteiger partial charge in [-0.15, -0.1) is 0 Å². The van der Waals surface area contributed by atoms with Crippen LogP contribution in [0.15, 0.2) is 30.5 Å². The molecule has 11 nitrogen and oxygen atoms in total. The van der Waals surface area contributed by atoms with Gasteiger partial charge < -0.3 is 35.2 Å². The lowest BCUT2D eigenvalue weighted by atomic mass is 9.91. The molecule has 2 aromatic heterocycles. The number of aromatic nitrogens is 3. The van der Waals surface area contributed by atoms with E-state index >= 15 is 0 Å². The minimum atomic E-state index is -0.499. The number of likely N-dealkylation sites (N-methyl/N-ethyl adjacent to an activating group) is 1. The molecule has 0 bridgehead atoms. The average Bonchev–Trinajstić information content (AvgIpc) is 3.18. The Balaban J connectivity index is 1.52. The molecule has 5 rings (SSSR count). The molecule has 43 heavy (non-hydrogen) atoms. The van der Waals surface area contributed by atoms with Crippen molar-refractivity contribution in [3.63, 3.8) is 0 Å². The lowest BCUT2D eigenvalue weighted by Crippen LogP contribution is -2.57. The molecule has 4 heterocycles. The van der Waals surface area contributed by atoms with E-state index in [1.165, 1.54) is 6.20 Å². The summed E-state index contributed by atoms with van der Waals surface area (Å²) in [5.74, 6) is 6.76. The topological polar surface area (TPSA) is 122 Å². The summed E-state index contributed by atoms with van der Waals surface area (Å²) >= 11 is 0. The number of ether oxygens (including phenoxy) is 2. The van der Waals surface area contributed by atoms with Crippen LogP contribution in [-0.2, 0) is 10.2 Å². The van der Waals surface area contributed by atoms with Gasteiger partial charge in [-0.05, 0) is 59.0 Å². The summed E-state index contributed by atoms with van der Waals surface area (Å²) in [5.41, 5.74) is 11.0. The molecule has 2 aliphatic heterocycles. The van der Waals surface area contributed by atoms with E-state index in [0.29, 0.717) is 41.2 Å². The second-order valence-corrected chi connectivity index (χ2v) is 12.1. The molecule has 2 aliphatic rings. The number of rotatable bonds is 8. The van der Waals surface area contributed by atoms with Crippen molar-refractivity contribution >= 4 is 40.5 Å². The van der Waals surface area contributed by atoms with E-state index in [4.69, 9.17) is 25.2 Å². The van der Waals surface area contributed by atoms with Crippen molar-refractivity contribution in [1.29, 1.82) is 0 Å². The Morgan fingerprint density at radius 2 is 1.93 bits per heavy atom. The predicted octanol–water partition coefficient (Wildman–Crippen LogP) is 4.32. The smallest absolute Gasteiger partial charge is 0.343 e. The first-order valence-corrected chi connectivity index (χ1v) is 14.4. The fourth-order valence-corrected chi connectivity index (χ4v) is 5.40. The zero-order chi connectivity index (χ0) is 31.1. The highest BCUT2D eigenvalue weighted by atomic mass is 16.5. The molecule has 0 saturated carbocycles. The Bertz CT molecular complexity index is 1600. The number of fused-ring (bicyclic) bond motifs is 1. The Kier molecular flexibility index (Phi) is 8.08. The van der Waals surface area contributed by atoms with Crippen LogP contribution in [-0.4, -0.2) is 78.8 Å². The van der Waals surface area contributed by atoms with Crippen LogP contribution in [0.2, 0.25) is 0 Å². The number of carbonyl (C=O) groups excluding carboxylic acids is 1. The van der Waals surface area contributed by atoms with Gasteiger partial charge in [-0.25, -0.2) is 14.8 Å². The number of benzene rings is 1. The third-order valence-electron chi connectivity index (χ3n) is 7.73. The molecular weight excluding hydrogens is 544 g/mol. The van der Waals surface area contributed by atoms with E-state index < -0.39 is 5.97 Å². The number of carbonyl (C=O) groups is 1. The highest BCUT2D eigenvalue weighted by Crippen LogP contribution is 2.44. The fraction of sp³-hybridized carbons (Fsp3) is 0.438. The van der Waals surface area contributed by atoms with Crippen molar-refractivity contribution in [2.75, 3.05) is 61.7 Å².